The molecule has 0 amide bonds. The highest BCUT2D eigenvalue weighted by atomic mass is 32.2. The maximum atomic E-state index is 15.1. The first-order valence-electron chi connectivity index (χ1n) is 10.6. The molecular weight excluding hydrogens is 484 g/mol. The molecule has 0 unspecified atom stereocenters. The lowest BCUT2D eigenvalue weighted by molar-refractivity contribution is -0.137. The zero-order valence-electron chi connectivity index (χ0n) is 17.5. The number of halogens is 6. The fraction of sp³-hybridized carbons (Fsp3) is 0.409. The summed E-state index contributed by atoms with van der Waals surface area (Å²) in [5.74, 6) is -2.24. The molecular formula is C22H19F6N3O2S. The van der Waals surface area contributed by atoms with E-state index in [1.807, 2.05) is 0 Å². The Labute approximate surface area is 190 Å². The Bertz CT molecular complexity index is 1380. The minimum absolute atomic E-state index is 0.143. The molecule has 34 heavy (non-hydrogen) atoms. The molecule has 182 valence electrons. The van der Waals surface area contributed by atoms with Crippen LogP contribution in [-0.4, -0.2) is 29.4 Å². The van der Waals surface area contributed by atoms with E-state index < -0.39 is 56.1 Å². The van der Waals surface area contributed by atoms with Crippen molar-refractivity contribution in [1.82, 2.24) is 14.3 Å². The van der Waals surface area contributed by atoms with E-state index in [9.17, 15) is 30.4 Å². The summed E-state index contributed by atoms with van der Waals surface area (Å²) in [5.41, 5.74) is -1.95. The third-order valence-corrected chi connectivity index (χ3v) is 8.19. The van der Waals surface area contributed by atoms with Gasteiger partial charge in [0, 0.05) is 35.2 Å². The van der Waals surface area contributed by atoms with E-state index in [1.54, 1.807) is 10.8 Å². The number of sulfonamides is 1. The second kappa shape index (κ2) is 7.98. The van der Waals surface area contributed by atoms with Gasteiger partial charge in [-0.25, -0.2) is 26.3 Å². The molecule has 0 atom stereocenters. The van der Waals surface area contributed by atoms with Gasteiger partial charge in [-0.05, 0) is 49.4 Å². The molecule has 0 spiro atoms. The first-order chi connectivity index (χ1) is 15.9. The van der Waals surface area contributed by atoms with Crippen molar-refractivity contribution in [3.8, 4) is 11.3 Å². The van der Waals surface area contributed by atoms with Crippen molar-refractivity contribution in [2.45, 2.75) is 55.9 Å². The van der Waals surface area contributed by atoms with Crippen LogP contribution in [0.5, 0.6) is 0 Å². The van der Waals surface area contributed by atoms with Crippen LogP contribution in [0.3, 0.4) is 0 Å². The molecule has 2 aliphatic rings. The Balaban J connectivity index is 1.63. The number of alkyl halides is 4. The van der Waals surface area contributed by atoms with Crippen LogP contribution < -0.4 is 4.72 Å². The molecule has 0 radical (unpaired) electrons. The molecule has 5 rings (SSSR count). The molecule has 2 aromatic heterocycles. The van der Waals surface area contributed by atoms with Gasteiger partial charge in [-0.2, -0.15) is 13.2 Å². The van der Waals surface area contributed by atoms with Crippen LogP contribution in [0.1, 0.15) is 42.9 Å². The van der Waals surface area contributed by atoms with Crippen LogP contribution >= 0.6 is 0 Å². The molecule has 3 aromatic rings. The van der Waals surface area contributed by atoms with Gasteiger partial charge in [0.2, 0.25) is 10.0 Å². The Hall–Kier alpha value is -2.60. The standard InChI is InChI=1S/C22H19F6N3O2S/c23-12-3-14(4-12)31-10-11(8-30-34(32,33)15-1-2-15)16-6-19(25)17(7-20(16)31)21-18(22(26,27)28)5-13(24)9-29-21/h5-7,9-10,12,14-15,30H,1-4,8H2. The van der Waals surface area contributed by atoms with Gasteiger partial charge in [-0.3, -0.25) is 4.98 Å². The highest BCUT2D eigenvalue weighted by Gasteiger charge is 2.38. The number of aromatic nitrogens is 2. The highest BCUT2D eigenvalue weighted by Crippen LogP contribution is 2.42. The monoisotopic (exact) mass is 503 g/mol. The van der Waals surface area contributed by atoms with Crippen LogP contribution in [0, 0.1) is 11.6 Å². The van der Waals surface area contributed by atoms with Gasteiger partial charge in [0.15, 0.2) is 0 Å². The largest absolute Gasteiger partial charge is 0.418 e. The number of hydrogen-bond acceptors (Lipinski definition) is 3. The van der Waals surface area contributed by atoms with Crippen molar-refractivity contribution in [3.05, 3.63) is 53.4 Å². The number of benzene rings is 1. The van der Waals surface area contributed by atoms with E-state index in [2.05, 4.69) is 9.71 Å². The zero-order valence-corrected chi connectivity index (χ0v) is 18.4. The van der Waals surface area contributed by atoms with E-state index >= 15 is 4.39 Å². The smallest absolute Gasteiger partial charge is 0.344 e. The first-order valence-corrected chi connectivity index (χ1v) is 12.2. The molecule has 2 heterocycles. The lowest BCUT2D eigenvalue weighted by Crippen LogP contribution is -2.28. The summed E-state index contributed by atoms with van der Waals surface area (Å²) < 4.78 is 111. The summed E-state index contributed by atoms with van der Waals surface area (Å²) in [6.07, 6.45) is -2.40. The average Bonchev–Trinajstić information content (AvgIpc) is 3.53. The summed E-state index contributed by atoms with van der Waals surface area (Å²) in [6, 6.07) is 2.12. The molecule has 5 nitrogen and oxygen atoms in total. The van der Waals surface area contributed by atoms with Crippen molar-refractivity contribution in [3.63, 3.8) is 0 Å². The molecule has 1 N–H and O–H groups in total. The van der Waals surface area contributed by atoms with Crippen LogP contribution in [0.4, 0.5) is 26.3 Å². The fourth-order valence-electron chi connectivity index (χ4n) is 4.26. The normalized spacial score (nSPS) is 21.1. The molecule has 2 fully saturated rings. The Kier molecular flexibility index (Phi) is 5.43. The van der Waals surface area contributed by atoms with Crippen molar-refractivity contribution in [2.75, 3.05) is 0 Å². The van der Waals surface area contributed by atoms with Crippen LogP contribution in [0.2, 0.25) is 0 Å². The van der Waals surface area contributed by atoms with Crippen molar-refractivity contribution in [1.29, 1.82) is 0 Å². The Morgan fingerprint density at radius 2 is 1.82 bits per heavy atom. The molecule has 2 saturated carbocycles. The number of nitrogens with one attached hydrogen (secondary N) is 1. The highest BCUT2D eigenvalue weighted by molar-refractivity contribution is 7.90. The first kappa shape index (κ1) is 23.2. The molecule has 0 bridgehead atoms. The van der Waals surface area contributed by atoms with Crippen molar-refractivity contribution < 1.29 is 34.8 Å². The summed E-state index contributed by atoms with van der Waals surface area (Å²) in [7, 11) is -3.54. The van der Waals surface area contributed by atoms with Gasteiger partial charge in [-0.15, -0.1) is 0 Å². The van der Waals surface area contributed by atoms with Crippen LogP contribution in [0.15, 0.2) is 30.6 Å². The topological polar surface area (TPSA) is 64.0 Å². The number of hydrogen-bond donors (Lipinski definition) is 1. The summed E-state index contributed by atoms with van der Waals surface area (Å²) in [6.45, 7) is -0.143. The fourth-order valence-corrected chi connectivity index (χ4v) is 5.61. The second-order valence-electron chi connectivity index (χ2n) is 8.75. The van der Waals surface area contributed by atoms with E-state index in [1.165, 1.54) is 6.07 Å². The quantitative estimate of drug-likeness (QED) is 0.467. The number of fused-ring (bicyclic) bond motifs is 1. The Morgan fingerprint density at radius 1 is 1.12 bits per heavy atom. The molecule has 0 aliphatic heterocycles. The van der Waals surface area contributed by atoms with E-state index in [0.29, 0.717) is 30.1 Å². The molecule has 2 aliphatic carbocycles. The third kappa shape index (κ3) is 4.17. The van der Waals surface area contributed by atoms with Crippen molar-refractivity contribution >= 4 is 20.9 Å². The van der Waals surface area contributed by atoms with Gasteiger partial charge in [-0.1, -0.05) is 0 Å². The zero-order chi connectivity index (χ0) is 24.4. The molecule has 12 heteroatoms. The predicted octanol–water partition coefficient (Wildman–Crippen LogP) is 5.26. The van der Waals surface area contributed by atoms with E-state index in [0.717, 1.165) is 6.07 Å². The van der Waals surface area contributed by atoms with Crippen LogP contribution in [-0.2, 0) is 22.7 Å². The number of rotatable bonds is 6. The SMILES string of the molecule is O=S(=O)(NCc1cn(C2CC(F)C2)c2cc(-c3ncc(F)cc3C(F)(F)F)c(F)cc12)C1CC1. The number of pyridine rings is 1. The lowest BCUT2D eigenvalue weighted by Gasteiger charge is -2.31. The third-order valence-electron chi connectivity index (χ3n) is 6.30. The maximum absolute atomic E-state index is 15.1. The van der Waals surface area contributed by atoms with Gasteiger partial charge >= 0.3 is 6.18 Å². The van der Waals surface area contributed by atoms with E-state index in [-0.39, 0.29) is 36.9 Å². The van der Waals surface area contributed by atoms with Crippen molar-refractivity contribution in [2.24, 2.45) is 0 Å². The maximum Gasteiger partial charge on any atom is 0.418 e. The van der Waals surface area contributed by atoms with Gasteiger partial charge in [0.1, 0.15) is 17.8 Å². The minimum atomic E-state index is -4.98. The van der Waals surface area contributed by atoms with Gasteiger partial charge in [0.05, 0.1) is 22.7 Å². The summed E-state index contributed by atoms with van der Waals surface area (Å²) >= 11 is 0. The van der Waals surface area contributed by atoms with Gasteiger partial charge < -0.3 is 4.57 Å². The molecule has 1 aromatic carbocycles. The second-order valence-corrected chi connectivity index (χ2v) is 10.8. The Morgan fingerprint density at radius 3 is 2.44 bits per heavy atom. The van der Waals surface area contributed by atoms with Gasteiger partial charge in [0.25, 0.3) is 0 Å². The average molecular weight is 503 g/mol. The number of nitrogens with zero attached hydrogens (tertiary/aromatic N) is 2. The molecule has 0 saturated heterocycles. The predicted molar refractivity (Wildman–Crippen MR) is 112 cm³/mol. The van der Waals surface area contributed by atoms with Crippen LogP contribution in [0.25, 0.3) is 22.2 Å². The summed E-state index contributed by atoms with van der Waals surface area (Å²) in [4.78, 5) is 3.51. The van der Waals surface area contributed by atoms with E-state index in [4.69, 9.17) is 0 Å². The summed E-state index contributed by atoms with van der Waals surface area (Å²) in [5, 5.41) is -0.175. The lowest BCUT2D eigenvalue weighted by atomic mass is 9.90. The minimum Gasteiger partial charge on any atom is -0.344 e.